The molecule has 0 aliphatic carbocycles. The number of carbonyl (C=O) groups excluding carboxylic acids is 1. The second-order valence-electron chi connectivity index (χ2n) is 3.59. The summed E-state index contributed by atoms with van der Waals surface area (Å²) in [6.45, 7) is 3.79. The molecule has 0 saturated carbocycles. The van der Waals surface area contributed by atoms with Gasteiger partial charge in [-0.25, -0.2) is 13.6 Å². The number of unbranched alkanes of at least 4 members (excludes halogenated alkanes) is 2. The molecular weight excluding hydrogens is 218 g/mol. The predicted molar refractivity (Wildman–Crippen MR) is 56.4 cm³/mol. The lowest BCUT2D eigenvalue weighted by Gasteiger charge is -2.12. The molecule has 0 aromatic carbocycles. The second kappa shape index (κ2) is 9.36. The first-order valence-corrected chi connectivity index (χ1v) is 5.75. The van der Waals surface area contributed by atoms with Gasteiger partial charge in [0.1, 0.15) is 0 Å². The summed E-state index contributed by atoms with van der Waals surface area (Å²) in [5, 5.41) is 0. The molecule has 16 heavy (non-hydrogen) atoms. The number of hydrogen-bond donors (Lipinski definition) is 0. The molecule has 0 fully saturated rings. The monoisotopic (exact) mass is 238 g/mol. The van der Waals surface area contributed by atoms with Crippen molar-refractivity contribution in [3.8, 4) is 0 Å². The van der Waals surface area contributed by atoms with Crippen molar-refractivity contribution in [2.45, 2.75) is 65.1 Å². The summed E-state index contributed by atoms with van der Waals surface area (Å²) in [7, 11) is 0. The summed E-state index contributed by atoms with van der Waals surface area (Å²) in [6.07, 6.45) is -1.59. The van der Waals surface area contributed by atoms with Gasteiger partial charge < -0.3 is 9.47 Å². The van der Waals surface area contributed by atoms with Crippen molar-refractivity contribution < 1.29 is 23.0 Å². The van der Waals surface area contributed by atoms with Crippen molar-refractivity contribution in [1.82, 2.24) is 0 Å². The molecule has 3 nitrogen and oxygen atoms in total. The number of halogens is 2. The van der Waals surface area contributed by atoms with Gasteiger partial charge in [0.2, 0.25) is 12.7 Å². The summed E-state index contributed by atoms with van der Waals surface area (Å²) >= 11 is 0. The van der Waals surface area contributed by atoms with Gasteiger partial charge in [-0.3, -0.25) is 0 Å². The van der Waals surface area contributed by atoms with E-state index in [1.54, 1.807) is 0 Å². The normalized spacial score (nSPS) is 14.2. The van der Waals surface area contributed by atoms with Crippen LogP contribution in [-0.2, 0) is 9.47 Å². The molecular formula is C11H20F2O3. The van der Waals surface area contributed by atoms with Gasteiger partial charge in [-0.15, -0.1) is 0 Å². The fourth-order valence-electron chi connectivity index (χ4n) is 1.08. The topological polar surface area (TPSA) is 35.5 Å². The Balaban J connectivity index is 3.63. The van der Waals surface area contributed by atoms with Crippen LogP contribution in [-0.4, -0.2) is 18.9 Å². The van der Waals surface area contributed by atoms with Crippen LogP contribution in [0.15, 0.2) is 0 Å². The van der Waals surface area contributed by atoms with Crippen LogP contribution in [0.4, 0.5) is 13.6 Å². The maximum Gasteiger partial charge on any atom is 0.513 e. The van der Waals surface area contributed by atoms with E-state index in [9.17, 15) is 13.6 Å². The number of rotatable bonds is 8. The Kier molecular flexibility index (Phi) is 8.85. The molecule has 0 N–H and O–H groups in total. The zero-order valence-electron chi connectivity index (χ0n) is 9.88. The first-order chi connectivity index (χ1) is 7.60. The maximum atomic E-state index is 12.9. The Morgan fingerprint density at radius 1 is 1.00 bits per heavy atom. The van der Waals surface area contributed by atoms with Gasteiger partial charge in [0.15, 0.2) is 0 Å². The molecule has 0 rings (SSSR count). The number of ether oxygens (including phenoxy) is 2. The molecule has 0 aromatic rings. The predicted octanol–water partition coefficient (Wildman–Crippen LogP) is 4.11. The van der Waals surface area contributed by atoms with Crippen LogP contribution < -0.4 is 0 Å². The van der Waals surface area contributed by atoms with Gasteiger partial charge in [0.25, 0.3) is 0 Å². The average molecular weight is 238 g/mol. The molecule has 0 aliphatic heterocycles. The SMILES string of the molecule is CCCCC(F)OC(=O)OC(F)CCCC. The summed E-state index contributed by atoms with van der Waals surface area (Å²) in [4.78, 5) is 10.9. The Labute approximate surface area is 95.1 Å². The van der Waals surface area contributed by atoms with E-state index in [1.165, 1.54) is 0 Å². The lowest BCUT2D eigenvalue weighted by atomic mass is 10.2. The minimum atomic E-state index is -1.70. The molecule has 2 unspecified atom stereocenters. The van der Waals surface area contributed by atoms with Gasteiger partial charge in [0, 0.05) is 12.8 Å². The van der Waals surface area contributed by atoms with Gasteiger partial charge in [0.05, 0.1) is 0 Å². The minimum Gasteiger partial charge on any atom is -0.400 e. The van der Waals surface area contributed by atoms with Crippen molar-refractivity contribution in [3.05, 3.63) is 0 Å². The average Bonchev–Trinajstić information content (AvgIpc) is 2.23. The Morgan fingerprint density at radius 2 is 1.38 bits per heavy atom. The standard InChI is InChI=1S/C11H20F2O3/c1-3-5-7-9(12)15-11(14)16-10(13)8-6-4-2/h9-10H,3-8H2,1-2H3. The minimum absolute atomic E-state index is 0.123. The van der Waals surface area contributed by atoms with Crippen LogP contribution >= 0.6 is 0 Å². The van der Waals surface area contributed by atoms with Gasteiger partial charge in [-0.1, -0.05) is 26.7 Å². The summed E-state index contributed by atoms with van der Waals surface area (Å²) in [5.41, 5.74) is 0. The van der Waals surface area contributed by atoms with Gasteiger partial charge in [-0.05, 0) is 12.8 Å². The highest BCUT2D eigenvalue weighted by Crippen LogP contribution is 2.11. The third kappa shape index (κ3) is 8.44. The molecule has 96 valence electrons. The van der Waals surface area contributed by atoms with E-state index in [4.69, 9.17) is 0 Å². The first-order valence-electron chi connectivity index (χ1n) is 5.75. The molecule has 0 saturated heterocycles. The van der Waals surface area contributed by atoms with Gasteiger partial charge >= 0.3 is 6.16 Å². The number of hydrogen-bond acceptors (Lipinski definition) is 3. The van der Waals surface area contributed by atoms with Crippen LogP contribution in [0, 0.1) is 0 Å². The van der Waals surface area contributed by atoms with Crippen LogP contribution in [0.3, 0.4) is 0 Å². The number of alkyl halides is 2. The summed E-state index contributed by atoms with van der Waals surface area (Å²) < 4.78 is 34.3. The summed E-state index contributed by atoms with van der Waals surface area (Å²) in [5.74, 6) is 0. The third-order valence-corrected chi connectivity index (χ3v) is 2.02. The van der Waals surface area contributed by atoms with Crippen molar-refractivity contribution in [1.29, 1.82) is 0 Å². The molecule has 0 aliphatic rings. The molecule has 2 atom stereocenters. The van der Waals surface area contributed by atoms with Crippen LogP contribution in [0.5, 0.6) is 0 Å². The van der Waals surface area contributed by atoms with Crippen molar-refractivity contribution >= 4 is 6.16 Å². The summed E-state index contributed by atoms with van der Waals surface area (Å²) in [6, 6.07) is 0. The Morgan fingerprint density at radius 3 is 1.69 bits per heavy atom. The van der Waals surface area contributed by atoms with Crippen LogP contribution in [0.25, 0.3) is 0 Å². The van der Waals surface area contributed by atoms with Crippen molar-refractivity contribution in [2.75, 3.05) is 0 Å². The molecule has 0 spiro atoms. The quantitative estimate of drug-likeness (QED) is 0.597. The van der Waals surface area contributed by atoms with Crippen LogP contribution in [0.1, 0.15) is 52.4 Å². The number of carbonyl (C=O) groups is 1. The van der Waals surface area contributed by atoms with Crippen LogP contribution in [0.2, 0.25) is 0 Å². The largest absolute Gasteiger partial charge is 0.513 e. The van der Waals surface area contributed by atoms with E-state index in [0.717, 1.165) is 12.8 Å². The highest BCUT2D eigenvalue weighted by molar-refractivity contribution is 5.60. The molecule has 0 heterocycles. The fourth-order valence-corrected chi connectivity index (χ4v) is 1.08. The second-order valence-corrected chi connectivity index (χ2v) is 3.59. The molecule has 0 aromatic heterocycles. The zero-order valence-corrected chi connectivity index (χ0v) is 9.88. The van der Waals surface area contributed by atoms with E-state index in [2.05, 4.69) is 9.47 Å². The Bertz CT molecular complexity index is 170. The highest BCUT2D eigenvalue weighted by atomic mass is 19.2. The molecule has 0 radical (unpaired) electrons. The first kappa shape index (κ1) is 15.1. The highest BCUT2D eigenvalue weighted by Gasteiger charge is 2.17. The molecule has 0 amide bonds. The van der Waals surface area contributed by atoms with E-state index in [0.29, 0.717) is 12.8 Å². The zero-order chi connectivity index (χ0) is 12.4. The van der Waals surface area contributed by atoms with E-state index >= 15 is 0 Å². The van der Waals surface area contributed by atoms with Crippen molar-refractivity contribution in [2.24, 2.45) is 0 Å². The molecule has 0 bridgehead atoms. The van der Waals surface area contributed by atoms with Crippen molar-refractivity contribution in [3.63, 3.8) is 0 Å². The van der Waals surface area contributed by atoms with Gasteiger partial charge in [-0.2, -0.15) is 0 Å². The van der Waals surface area contributed by atoms with E-state index in [-0.39, 0.29) is 12.8 Å². The third-order valence-electron chi connectivity index (χ3n) is 2.02. The fraction of sp³-hybridized carbons (Fsp3) is 0.909. The Hall–Kier alpha value is -0.870. The maximum absolute atomic E-state index is 12.9. The van der Waals surface area contributed by atoms with E-state index < -0.39 is 18.9 Å². The smallest absolute Gasteiger partial charge is 0.400 e. The van der Waals surface area contributed by atoms with E-state index in [1.807, 2.05) is 13.8 Å². The lowest BCUT2D eigenvalue weighted by Crippen LogP contribution is -2.19. The molecule has 5 heteroatoms. The lowest BCUT2D eigenvalue weighted by molar-refractivity contribution is -0.0783.